The van der Waals surface area contributed by atoms with Crippen LogP contribution in [-0.2, 0) is 16.4 Å². The number of nitrogens with one attached hydrogen (secondary N) is 3. The van der Waals surface area contributed by atoms with Crippen molar-refractivity contribution in [1.82, 2.24) is 15.4 Å². The van der Waals surface area contributed by atoms with Gasteiger partial charge < -0.3 is 15.4 Å². The van der Waals surface area contributed by atoms with Crippen molar-refractivity contribution in [3.8, 4) is 5.75 Å². The standard InChI is InChI=1S/C21H30N4O3S/c1-4-22-21(23-14-13-18-7-5-6-8-20(18)28-3)24-15-16-25-29(26,27)19-11-9-17(2)10-12-19/h5-12,25H,4,13-16H2,1-3H3,(H2,22,23,24). The molecule has 0 saturated heterocycles. The molecule has 158 valence electrons. The second-order valence-electron chi connectivity index (χ2n) is 6.46. The minimum Gasteiger partial charge on any atom is -0.496 e. The van der Waals surface area contributed by atoms with Gasteiger partial charge in [0.25, 0.3) is 0 Å². The Balaban J connectivity index is 1.84. The molecule has 0 aliphatic rings. The van der Waals surface area contributed by atoms with Crippen molar-refractivity contribution in [3.05, 3.63) is 59.7 Å². The molecule has 2 aromatic carbocycles. The molecule has 0 aromatic heterocycles. The summed E-state index contributed by atoms with van der Waals surface area (Å²) < 4.78 is 32.5. The van der Waals surface area contributed by atoms with E-state index < -0.39 is 10.0 Å². The van der Waals surface area contributed by atoms with Crippen LogP contribution in [0, 0.1) is 6.92 Å². The third kappa shape index (κ3) is 7.40. The molecule has 2 rings (SSSR count). The van der Waals surface area contributed by atoms with E-state index in [1.807, 2.05) is 38.1 Å². The van der Waals surface area contributed by atoms with Gasteiger partial charge in [-0.15, -0.1) is 0 Å². The molecule has 7 nitrogen and oxygen atoms in total. The van der Waals surface area contributed by atoms with Crippen molar-refractivity contribution < 1.29 is 13.2 Å². The summed E-state index contributed by atoms with van der Waals surface area (Å²) in [7, 11) is -1.86. The van der Waals surface area contributed by atoms with Crippen LogP contribution in [0.2, 0.25) is 0 Å². The Morgan fingerprint density at radius 2 is 1.76 bits per heavy atom. The van der Waals surface area contributed by atoms with Crippen molar-refractivity contribution in [2.45, 2.75) is 25.2 Å². The minimum atomic E-state index is -3.52. The molecule has 3 N–H and O–H groups in total. The van der Waals surface area contributed by atoms with Crippen LogP contribution in [0.15, 0.2) is 58.4 Å². The first-order valence-electron chi connectivity index (χ1n) is 9.66. The van der Waals surface area contributed by atoms with Gasteiger partial charge in [0.05, 0.1) is 18.6 Å². The molecule has 0 aliphatic heterocycles. The van der Waals surface area contributed by atoms with Gasteiger partial charge in [0.15, 0.2) is 5.96 Å². The molecule has 0 atom stereocenters. The molecular formula is C21H30N4O3S. The number of benzene rings is 2. The molecule has 0 radical (unpaired) electrons. The average Bonchev–Trinajstić information content (AvgIpc) is 2.72. The van der Waals surface area contributed by atoms with Gasteiger partial charge in [0.2, 0.25) is 10.0 Å². The van der Waals surface area contributed by atoms with Crippen LogP contribution < -0.4 is 20.1 Å². The topological polar surface area (TPSA) is 91.8 Å². The number of ether oxygens (including phenoxy) is 1. The number of para-hydroxylation sites is 1. The van der Waals surface area contributed by atoms with Gasteiger partial charge in [0, 0.05) is 19.6 Å². The predicted octanol–water partition coefficient (Wildman–Crippen LogP) is 2.08. The smallest absolute Gasteiger partial charge is 0.240 e. The lowest BCUT2D eigenvalue weighted by atomic mass is 10.1. The first-order chi connectivity index (χ1) is 14.0. The normalized spacial score (nSPS) is 11.9. The first kappa shape index (κ1) is 22.7. The lowest BCUT2D eigenvalue weighted by Crippen LogP contribution is -2.39. The molecule has 2 aromatic rings. The van der Waals surface area contributed by atoms with Crippen LogP contribution in [0.4, 0.5) is 0 Å². The fraction of sp³-hybridized carbons (Fsp3) is 0.381. The van der Waals surface area contributed by atoms with E-state index in [1.54, 1.807) is 31.4 Å². The Hall–Kier alpha value is -2.58. The largest absolute Gasteiger partial charge is 0.496 e. The number of aliphatic imine (C=N–C) groups is 1. The fourth-order valence-corrected chi connectivity index (χ4v) is 3.74. The van der Waals surface area contributed by atoms with Gasteiger partial charge in [-0.3, -0.25) is 4.99 Å². The zero-order chi connectivity index (χ0) is 21.1. The second-order valence-corrected chi connectivity index (χ2v) is 8.23. The second kappa shape index (κ2) is 11.4. The van der Waals surface area contributed by atoms with E-state index in [9.17, 15) is 8.42 Å². The van der Waals surface area contributed by atoms with E-state index in [0.717, 1.165) is 29.8 Å². The number of guanidine groups is 1. The first-order valence-corrected chi connectivity index (χ1v) is 11.1. The predicted molar refractivity (Wildman–Crippen MR) is 117 cm³/mol. The molecule has 0 spiro atoms. The summed E-state index contributed by atoms with van der Waals surface area (Å²) in [5.41, 5.74) is 2.13. The molecule has 0 heterocycles. The summed E-state index contributed by atoms with van der Waals surface area (Å²) in [5, 5.41) is 6.43. The fourth-order valence-electron chi connectivity index (χ4n) is 2.72. The zero-order valence-electron chi connectivity index (χ0n) is 17.2. The Morgan fingerprint density at radius 1 is 1.03 bits per heavy atom. The highest BCUT2D eigenvalue weighted by molar-refractivity contribution is 7.89. The molecule has 0 aliphatic carbocycles. The maximum Gasteiger partial charge on any atom is 0.240 e. The third-order valence-corrected chi connectivity index (χ3v) is 5.71. The third-order valence-electron chi connectivity index (χ3n) is 4.23. The van der Waals surface area contributed by atoms with Gasteiger partial charge in [-0.1, -0.05) is 35.9 Å². The Kier molecular flexibility index (Phi) is 8.95. The van der Waals surface area contributed by atoms with Crippen molar-refractivity contribution in [1.29, 1.82) is 0 Å². The number of aryl methyl sites for hydroxylation is 1. The van der Waals surface area contributed by atoms with E-state index in [4.69, 9.17) is 4.74 Å². The van der Waals surface area contributed by atoms with Crippen molar-refractivity contribution >= 4 is 16.0 Å². The van der Waals surface area contributed by atoms with Crippen molar-refractivity contribution in [2.24, 2.45) is 4.99 Å². The van der Waals surface area contributed by atoms with Gasteiger partial charge in [-0.25, -0.2) is 13.1 Å². The summed E-state index contributed by atoms with van der Waals surface area (Å²) in [6.07, 6.45) is 0.786. The van der Waals surface area contributed by atoms with Gasteiger partial charge >= 0.3 is 0 Å². The van der Waals surface area contributed by atoms with E-state index in [0.29, 0.717) is 19.0 Å². The lowest BCUT2D eigenvalue weighted by Gasteiger charge is -2.13. The van der Waals surface area contributed by atoms with Gasteiger partial charge in [-0.2, -0.15) is 0 Å². The Bertz CT molecular complexity index is 896. The average molecular weight is 419 g/mol. The highest BCUT2D eigenvalue weighted by Crippen LogP contribution is 2.17. The van der Waals surface area contributed by atoms with Gasteiger partial charge in [0.1, 0.15) is 5.75 Å². The summed E-state index contributed by atoms with van der Waals surface area (Å²) in [4.78, 5) is 4.69. The number of hydrogen-bond acceptors (Lipinski definition) is 4. The molecule has 0 fully saturated rings. The molecule has 0 bridgehead atoms. The van der Waals surface area contributed by atoms with E-state index in [-0.39, 0.29) is 11.4 Å². The number of rotatable bonds is 10. The van der Waals surface area contributed by atoms with Crippen molar-refractivity contribution in [3.63, 3.8) is 0 Å². The highest BCUT2D eigenvalue weighted by atomic mass is 32.2. The number of hydrogen-bond donors (Lipinski definition) is 3. The van der Waals surface area contributed by atoms with Crippen molar-refractivity contribution in [2.75, 3.05) is 33.3 Å². The maximum atomic E-state index is 12.3. The zero-order valence-corrected chi connectivity index (χ0v) is 18.1. The molecule has 29 heavy (non-hydrogen) atoms. The molecular weight excluding hydrogens is 388 g/mol. The van der Waals surface area contributed by atoms with Crippen LogP contribution in [0.1, 0.15) is 18.1 Å². The molecule has 8 heteroatoms. The molecule has 0 saturated carbocycles. The number of methoxy groups -OCH3 is 1. The summed E-state index contributed by atoms with van der Waals surface area (Å²) in [5.74, 6) is 1.51. The van der Waals surface area contributed by atoms with Crippen LogP contribution >= 0.6 is 0 Å². The Labute approximate surface area is 173 Å². The number of nitrogens with zero attached hydrogens (tertiary/aromatic N) is 1. The molecule has 0 amide bonds. The van der Waals surface area contributed by atoms with E-state index >= 15 is 0 Å². The van der Waals surface area contributed by atoms with Crippen LogP contribution in [0.3, 0.4) is 0 Å². The van der Waals surface area contributed by atoms with Gasteiger partial charge in [-0.05, 0) is 44.0 Å². The maximum absolute atomic E-state index is 12.3. The monoisotopic (exact) mass is 418 g/mol. The van der Waals surface area contributed by atoms with E-state index in [2.05, 4.69) is 20.3 Å². The van der Waals surface area contributed by atoms with Crippen LogP contribution in [0.25, 0.3) is 0 Å². The minimum absolute atomic E-state index is 0.222. The Morgan fingerprint density at radius 3 is 2.45 bits per heavy atom. The summed E-state index contributed by atoms with van der Waals surface area (Å²) in [6.45, 7) is 5.85. The highest BCUT2D eigenvalue weighted by Gasteiger charge is 2.12. The van der Waals surface area contributed by atoms with Crippen LogP contribution in [0.5, 0.6) is 5.75 Å². The summed E-state index contributed by atoms with van der Waals surface area (Å²) >= 11 is 0. The lowest BCUT2D eigenvalue weighted by molar-refractivity contribution is 0.409. The quantitative estimate of drug-likeness (QED) is 0.312. The number of sulfonamides is 1. The van der Waals surface area contributed by atoms with E-state index in [1.165, 1.54) is 0 Å². The molecule has 0 unspecified atom stereocenters. The van der Waals surface area contributed by atoms with Crippen LogP contribution in [-0.4, -0.2) is 47.7 Å². The summed E-state index contributed by atoms with van der Waals surface area (Å²) in [6, 6.07) is 14.7. The SMILES string of the molecule is CCNC(=NCCNS(=O)(=O)c1ccc(C)cc1)NCCc1ccccc1OC.